The molecule has 0 bridgehead atoms. The summed E-state index contributed by atoms with van der Waals surface area (Å²) in [6.07, 6.45) is 23.0. The van der Waals surface area contributed by atoms with Crippen LogP contribution >= 0.6 is 0 Å². The summed E-state index contributed by atoms with van der Waals surface area (Å²) < 4.78 is 114. The summed E-state index contributed by atoms with van der Waals surface area (Å²) in [7, 11) is -11.0. The summed E-state index contributed by atoms with van der Waals surface area (Å²) in [6.45, 7) is 2.62. The fraction of sp³-hybridized carbons (Fsp3) is 0.639. The molecule has 7 atom stereocenters. The number of rotatable bonds is 45. The van der Waals surface area contributed by atoms with E-state index in [2.05, 4.69) is 23.3 Å². The number of hydrogen-bond donors (Lipinski definition) is 1. The molecule has 444 valence electrons. The molecular weight excluding hydrogens is 1100 g/mol. The largest absolute Gasteiger partial charge is 1.00 e. The Morgan fingerprint density at radius 2 is 1.01 bits per heavy atom. The molecule has 0 radical (unpaired) electrons. The monoisotopic (exact) mass is 1190 g/mol. The first-order valence-electron chi connectivity index (χ1n) is 29.3. The van der Waals surface area contributed by atoms with Crippen LogP contribution in [0.3, 0.4) is 0 Å². The number of carbonyl (C=O) groups excluding carboxylic acids is 2. The van der Waals surface area contributed by atoms with Crippen molar-refractivity contribution in [1.82, 2.24) is 5.32 Å². The van der Waals surface area contributed by atoms with Crippen LogP contribution in [-0.4, -0.2) is 93.9 Å². The van der Waals surface area contributed by atoms with E-state index < -0.39 is 82.8 Å². The van der Waals surface area contributed by atoms with E-state index in [4.69, 9.17) is 27.9 Å². The molecule has 3 aromatic carbocycles. The Morgan fingerprint density at radius 1 is 0.568 bits per heavy atom. The number of allylic oxidation sites excluding steroid dienone is 1. The molecule has 1 aliphatic heterocycles. The molecule has 0 spiro atoms. The van der Waals surface area contributed by atoms with E-state index in [9.17, 15) is 35.5 Å². The number of carbonyl (C=O) groups is 2. The van der Waals surface area contributed by atoms with E-state index in [0.29, 0.717) is 24.0 Å². The minimum absolute atomic E-state index is 0. The molecule has 0 saturated carbocycles. The Balaban J connectivity index is 0.0000112. The Labute approximate surface area is 530 Å². The van der Waals surface area contributed by atoms with Crippen molar-refractivity contribution in [3.63, 3.8) is 0 Å². The van der Waals surface area contributed by atoms with Gasteiger partial charge in [-0.2, -0.15) is 0 Å². The first kappa shape index (κ1) is 75.0. The van der Waals surface area contributed by atoms with Crippen molar-refractivity contribution >= 4 is 32.7 Å². The van der Waals surface area contributed by atoms with Gasteiger partial charge in [0.1, 0.15) is 30.5 Å². The van der Waals surface area contributed by atoms with Crippen molar-refractivity contribution in [3.8, 4) is 0 Å². The van der Waals surface area contributed by atoms with E-state index >= 15 is 0 Å². The number of benzene rings is 3. The third-order valence-electron chi connectivity index (χ3n) is 14.0. The zero-order valence-electron chi connectivity index (χ0n) is 49.0. The average molecular weight is 1190 g/mol. The number of amides is 1. The SMILES string of the molecule is CCCCCCCCCCCCC/C=C/[C@@H](OC(=O)c1ccccc1)[C@H](CO[C@@H]1O[C@H](COS(=O)(=O)[O-])[C@H](OS(=O)(=O)[O-])[C@H](OCc2ccccc2)[C@H]1OCc1ccccc1)NC(=O)CCCCCCCCCCCCCCC.[Na+].[Na+]. The summed E-state index contributed by atoms with van der Waals surface area (Å²) in [5, 5.41) is 3.07. The summed E-state index contributed by atoms with van der Waals surface area (Å²) in [5.41, 5.74) is 1.58. The molecule has 4 rings (SSSR count). The van der Waals surface area contributed by atoms with E-state index in [1.807, 2.05) is 12.1 Å². The Kier molecular flexibility index (Phi) is 41.9. The first-order chi connectivity index (χ1) is 38.3. The topological polar surface area (TPSA) is 225 Å². The van der Waals surface area contributed by atoms with E-state index in [1.54, 1.807) is 91.0 Å². The average Bonchev–Trinajstić information content (AvgIpc) is 3.44. The van der Waals surface area contributed by atoms with Gasteiger partial charge in [-0.25, -0.2) is 21.6 Å². The van der Waals surface area contributed by atoms with Gasteiger partial charge in [0.2, 0.25) is 26.7 Å². The van der Waals surface area contributed by atoms with Gasteiger partial charge in [-0.1, -0.05) is 240 Å². The molecular formula is C61H91NNa2O15S2. The molecule has 1 heterocycles. The predicted octanol–water partition coefficient (Wildman–Crippen LogP) is 6.68. The predicted molar refractivity (Wildman–Crippen MR) is 303 cm³/mol. The van der Waals surface area contributed by atoms with Gasteiger partial charge in [-0.3, -0.25) is 13.2 Å². The van der Waals surface area contributed by atoms with Gasteiger partial charge in [0, 0.05) is 6.42 Å². The van der Waals surface area contributed by atoms with Crippen molar-refractivity contribution in [3.05, 3.63) is 120 Å². The summed E-state index contributed by atoms with van der Waals surface area (Å²) in [5.74, 6) is -0.967. The number of unbranched alkanes of at least 4 members (excludes halogenated alkanes) is 23. The molecule has 1 saturated heterocycles. The summed E-state index contributed by atoms with van der Waals surface area (Å²) >= 11 is 0. The zero-order chi connectivity index (χ0) is 56.8. The maximum atomic E-state index is 14.0. The Morgan fingerprint density at radius 3 is 1.48 bits per heavy atom. The molecule has 1 aliphatic rings. The normalized spacial score (nSPS) is 18.1. The molecule has 0 unspecified atom stereocenters. The second kappa shape index (κ2) is 45.3. The van der Waals surface area contributed by atoms with Gasteiger partial charge < -0.3 is 38.1 Å². The van der Waals surface area contributed by atoms with Crippen molar-refractivity contribution in [2.45, 2.75) is 237 Å². The fourth-order valence-electron chi connectivity index (χ4n) is 9.63. The number of nitrogens with one attached hydrogen (secondary N) is 1. The van der Waals surface area contributed by atoms with Crippen LogP contribution in [0.5, 0.6) is 0 Å². The van der Waals surface area contributed by atoms with Gasteiger partial charge in [0.25, 0.3) is 0 Å². The number of ether oxygens (including phenoxy) is 5. The maximum absolute atomic E-state index is 14.0. The van der Waals surface area contributed by atoms with E-state index in [-0.39, 0.29) is 90.2 Å². The smallest absolute Gasteiger partial charge is 0.726 e. The molecule has 3 aromatic rings. The Bertz CT molecular complexity index is 2320. The zero-order valence-corrected chi connectivity index (χ0v) is 54.6. The van der Waals surface area contributed by atoms with Gasteiger partial charge in [-0.05, 0) is 48.6 Å². The van der Waals surface area contributed by atoms with E-state index in [1.165, 1.54) is 96.3 Å². The fourth-order valence-corrected chi connectivity index (χ4v) is 10.4. The van der Waals surface area contributed by atoms with Gasteiger partial charge in [0.15, 0.2) is 6.29 Å². The van der Waals surface area contributed by atoms with Crippen molar-refractivity contribution in [1.29, 1.82) is 0 Å². The third-order valence-corrected chi connectivity index (χ3v) is 14.9. The molecule has 0 aromatic heterocycles. The van der Waals surface area contributed by atoms with Crippen molar-refractivity contribution in [2.75, 3.05) is 13.2 Å². The van der Waals surface area contributed by atoms with Crippen LogP contribution in [0.4, 0.5) is 0 Å². The third kappa shape index (κ3) is 34.6. The molecule has 20 heteroatoms. The quantitative estimate of drug-likeness (QED) is 0.0156. The van der Waals surface area contributed by atoms with Crippen LogP contribution < -0.4 is 64.4 Å². The Hall–Kier alpha value is -2.08. The molecule has 1 fully saturated rings. The van der Waals surface area contributed by atoms with E-state index in [0.717, 1.165) is 51.4 Å². The van der Waals surface area contributed by atoms with Crippen LogP contribution in [0.1, 0.15) is 202 Å². The second-order valence-corrected chi connectivity index (χ2v) is 22.8. The molecule has 1 N–H and O–H groups in total. The molecule has 81 heavy (non-hydrogen) atoms. The van der Waals surface area contributed by atoms with Gasteiger partial charge >= 0.3 is 65.1 Å². The van der Waals surface area contributed by atoms with Crippen molar-refractivity contribution < 1.29 is 127 Å². The summed E-state index contributed by atoms with van der Waals surface area (Å²) in [6, 6.07) is 25.1. The summed E-state index contributed by atoms with van der Waals surface area (Å²) in [4.78, 5) is 27.9. The number of hydrogen-bond acceptors (Lipinski definition) is 15. The second-order valence-electron chi connectivity index (χ2n) is 20.7. The van der Waals surface area contributed by atoms with Gasteiger partial charge in [-0.15, -0.1) is 0 Å². The maximum Gasteiger partial charge on any atom is 1.00 e. The molecule has 0 aliphatic carbocycles. The first-order valence-corrected chi connectivity index (χ1v) is 32.0. The van der Waals surface area contributed by atoms with Crippen molar-refractivity contribution in [2.24, 2.45) is 0 Å². The molecule has 16 nitrogen and oxygen atoms in total. The van der Waals surface area contributed by atoms with Crippen LogP contribution in [0.25, 0.3) is 0 Å². The van der Waals surface area contributed by atoms with Crippen LogP contribution in [0, 0.1) is 0 Å². The number of esters is 1. The van der Waals surface area contributed by atoms with Crippen LogP contribution in [0.15, 0.2) is 103 Å². The minimum Gasteiger partial charge on any atom is -0.726 e. The van der Waals surface area contributed by atoms with Gasteiger partial charge in [0.05, 0.1) is 38.0 Å². The van der Waals surface area contributed by atoms with Crippen LogP contribution in [-0.2, 0) is 70.9 Å². The minimum atomic E-state index is -5.56. The van der Waals surface area contributed by atoms with Crippen LogP contribution in [0.2, 0.25) is 0 Å². The molecule has 1 amide bonds. The standard InChI is InChI=1S/C61H93NO15S2.2Na/c1-3-5-7-9-11-13-15-17-19-21-23-25-36-44-54(75-60(64)52-42-34-29-35-43-52)53(62-56(63)45-37-26-24-22-20-18-16-14-12-10-8-6-4-2)48-73-61-59(72-47-51-40-32-28-33-41-51)58(71-46-50-38-30-27-31-39-50)57(77-79(68,69)70)55(76-61)49-74-78(65,66)67;;/h27-36,38-44,53-55,57-59,61H,3-26,37,45-49H2,1-2H3,(H,62,63)(H,65,66,67)(H,68,69,70);;/q;2*+1/p-2/b44-36+;;/t53-,54+,55+,57-,58-,59+,61+;;/m0../s1.